The molecule has 19 heavy (non-hydrogen) atoms. The monoisotopic (exact) mass is 250 g/mol. The van der Waals surface area contributed by atoms with Crippen molar-refractivity contribution in [2.45, 2.75) is 6.92 Å². The van der Waals surface area contributed by atoms with Gasteiger partial charge in [0.1, 0.15) is 5.69 Å². The molecule has 0 amide bonds. The Morgan fingerprint density at radius 3 is 2.32 bits per heavy atom. The molecule has 0 bridgehead atoms. The molecule has 1 heterocycles. The van der Waals surface area contributed by atoms with Crippen LogP contribution in [-0.4, -0.2) is 15.0 Å². The maximum Gasteiger partial charge on any atom is 0.155 e. The summed E-state index contributed by atoms with van der Waals surface area (Å²) < 4.78 is 1.65. The number of rotatable bonds is 2. The molecule has 0 unspecified atom stereocenters. The number of benzene rings is 2. The average molecular weight is 250 g/mol. The summed E-state index contributed by atoms with van der Waals surface area (Å²) in [6.07, 6.45) is 0. The zero-order chi connectivity index (χ0) is 13.2. The predicted molar refractivity (Wildman–Crippen MR) is 75.9 cm³/mol. The van der Waals surface area contributed by atoms with Gasteiger partial charge in [-0.3, -0.25) is 0 Å². The van der Waals surface area contributed by atoms with E-state index in [1.807, 2.05) is 61.5 Å². The maximum absolute atomic E-state index is 6.14. The minimum Gasteiger partial charge on any atom is -0.382 e. The largest absolute Gasteiger partial charge is 0.382 e. The molecule has 4 heteroatoms. The number of hydrogen-bond acceptors (Lipinski definition) is 3. The number of aromatic nitrogens is 3. The van der Waals surface area contributed by atoms with Gasteiger partial charge in [0.05, 0.1) is 5.69 Å². The molecule has 0 saturated heterocycles. The number of aryl methyl sites for hydroxylation is 1. The summed E-state index contributed by atoms with van der Waals surface area (Å²) in [5.74, 6) is 0.551. The van der Waals surface area contributed by atoms with Gasteiger partial charge in [-0.05, 0) is 19.1 Å². The quantitative estimate of drug-likeness (QED) is 0.760. The van der Waals surface area contributed by atoms with Crippen LogP contribution in [0.3, 0.4) is 0 Å². The standard InChI is InChI=1S/C15H14N4/c1-11-7-9-13(10-8-11)19-15(16)14(17-18-19)12-5-3-2-4-6-12/h2-10H,16H2,1H3. The van der Waals surface area contributed by atoms with Crippen LogP contribution in [0, 0.1) is 6.92 Å². The summed E-state index contributed by atoms with van der Waals surface area (Å²) in [4.78, 5) is 0. The first-order chi connectivity index (χ1) is 9.25. The molecule has 94 valence electrons. The summed E-state index contributed by atoms with van der Waals surface area (Å²) in [6.45, 7) is 2.05. The minimum atomic E-state index is 0.551. The van der Waals surface area contributed by atoms with Crippen LogP contribution in [0.25, 0.3) is 16.9 Å². The van der Waals surface area contributed by atoms with Crippen LogP contribution in [0.15, 0.2) is 54.6 Å². The molecule has 2 N–H and O–H groups in total. The summed E-state index contributed by atoms with van der Waals surface area (Å²) in [6, 6.07) is 17.8. The van der Waals surface area contributed by atoms with Gasteiger partial charge in [-0.25, -0.2) is 0 Å². The lowest BCUT2D eigenvalue weighted by atomic mass is 10.1. The van der Waals surface area contributed by atoms with Gasteiger partial charge in [0, 0.05) is 5.56 Å². The Kier molecular flexibility index (Phi) is 2.76. The highest BCUT2D eigenvalue weighted by Crippen LogP contribution is 2.24. The van der Waals surface area contributed by atoms with Crippen LogP contribution in [0.2, 0.25) is 0 Å². The Bertz CT molecular complexity index is 684. The highest BCUT2D eigenvalue weighted by atomic mass is 15.5. The lowest BCUT2D eigenvalue weighted by molar-refractivity contribution is 0.810. The Hall–Kier alpha value is -2.62. The van der Waals surface area contributed by atoms with Crippen molar-refractivity contribution in [1.29, 1.82) is 0 Å². The van der Waals surface area contributed by atoms with Crippen LogP contribution >= 0.6 is 0 Å². The van der Waals surface area contributed by atoms with Crippen LogP contribution < -0.4 is 5.73 Å². The third-order valence-electron chi connectivity index (χ3n) is 3.03. The topological polar surface area (TPSA) is 56.7 Å². The van der Waals surface area contributed by atoms with Gasteiger partial charge in [0.25, 0.3) is 0 Å². The van der Waals surface area contributed by atoms with Crippen molar-refractivity contribution >= 4 is 5.82 Å². The van der Waals surface area contributed by atoms with Gasteiger partial charge < -0.3 is 5.73 Å². The van der Waals surface area contributed by atoms with Gasteiger partial charge in [0.15, 0.2) is 5.82 Å². The molecular weight excluding hydrogens is 236 g/mol. The predicted octanol–water partition coefficient (Wildman–Crippen LogP) is 2.82. The molecule has 3 rings (SSSR count). The second kappa shape index (κ2) is 4.57. The van der Waals surface area contributed by atoms with Crippen molar-refractivity contribution in [1.82, 2.24) is 15.0 Å². The van der Waals surface area contributed by atoms with Crippen molar-refractivity contribution in [2.24, 2.45) is 0 Å². The molecule has 2 aromatic carbocycles. The van der Waals surface area contributed by atoms with Crippen molar-refractivity contribution in [2.75, 3.05) is 5.73 Å². The zero-order valence-corrected chi connectivity index (χ0v) is 10.6. The normalized spacial score (nSPS) is 10.6. The lowest BCUT2D eigenvalue weighted by Gasteiger charge is -2.04. The molecular formula is C15H14N4. The van der Waals surface area contributed by atoms with Crippen molar-refractivity contribution in [3.8, 4) is 16.9 Å². The molecule has 0 aliphatic heterocycles. The first-order valence-electron chi connectivity index (χ1n) is 6.09. The van der Waals surface area contributed by atoms with E-state index in [1.165, 1.54) is 5.56 Å². The smallest absolute Gasteiger partial charge is 0.155 e. The fourth-order valence-corrected chi connectivity index (χ4v) is 1.97. The van der Waals surface area contributed by atoms with Gasteiger partial charge in [0.2, 0.25) is 0 Å². The molecule has 0 spiro atoms. The van der Waals surface area contributed by atoms with Gasteiger partial charge in [-0.1, -0.05) is 53.2 Å². The molecule has 4 nitrogen and oxygen atoms in total. The summed E-state index contributed by atoms with van der Waals surface area (Å²) in [5, 5.41) is 8.31. The molecule has 0 fully saturated rings. The van der Waals surface area contributed by atoms with Gasteiger partial charge in [-0.15, -0.1) is 5.10 Å². The van der Waals surface area contributed by atoms with Gasteiger partial charge in [-0.2, -0.15) is 4.68 Å². The first-order valence-corrected chi connectivity index (χ1v) is 6.09. The number of nitrogens with zero attached hydrogens (tertiary/aromatic N) is 3. The maximum atomic E-state index is 6.14. The van der Waals surface area contributed by atoms with Crippen LogP contribution in [0.4, 0.5) is 5.82 Å². The van der Waals surface area contributed by atoms with E-state index in [9.17, 15) is 0 Å². The van der Waals surface area contributed by atoms with E-state index in [-0.39, 0.29) is 0 Å². The fourth-order valence-electron chi connectivity index (χ4n) is 1.97. The molecule has 0 saturated carbocycles. The van der Waals surface area contributed by atoms with Crippen LogP contribution in [0.1, 0.15) is 5.56 Å². The second-order valence-electron chi connectivity index (χ2n) is 4.44. The van der Waals surface area contributed by atoms with E-state index in [0.717, 1.165) is 11.3 Å². The van der Waals surface area contributed by atoms with Gasteiger partial charge >= 0.3 is 0 Å². The van der Waals surface area contributed by atoms with E-state index in [2.05, 4.69) is 10.3 Å². The second-order valence-corrected chi connectivity index (χ2v) is 4.44. The van der Waals surface area contributed by atoms with E-state index >= 15 is 0 Å². The van der Waals surface area contributed by atoms with E-state index in [1.54, 1.807) is 4.68 Å². The Balaban J connectivity index is 2.06. The lowest BCUT2D eigenvalue weighted by Crippen LogP contribution is -2.02. The summed E-state index contributed by atoms with van der Waals surface area (Å²) in [7, 11) is 0. The Morgan fingerprint density at radius 1 is 0.947 bits per heavy atom. The number of hydrogen-bond donors (Lipinski definition) is 1. The average Bonchev–Trinajstić information content (AvgIpc) is 2.83. The zero-order valence-electron chi connectivity index (χ0n) is 10.6. The summed E-state index contributed by atoms with van der Waals surface area (Å²) >= 11 is 0. The number of nitrogen functional groups attached to an aromatic ring is 1. The Labute approximate surface area is 111 Å². The fraction of sp³-hybridized carbons (Fsp3) is 0.0667. The molecule has 0 aliphatic carbocycles. The highest BCUT2D eigenvalue weighted by Gasteiger charge is 2.12. The van der Waals surface area contributed by atoms with E-state index in [4.69, 9.17) is 5.73 Å². The molecule has 3 aromatic rings. The number of nitrogens with two attached hydrogens (primary N) is 1. The van der Waals surface area contributed by atoms with Crippen molar-refractivity contribution in [3.63, 3.8) is 0 Å². The molecule has 1 aromatic heterocycles. The third kappa shape index (κ3) is 2.08. The highest BCUT2D eigenvalue weighted by molar-refractivity contribution is 5.70. The van der Waals surface area contributed by atoms with E-state index in [0.29, 0.717) is 11.5 Å². The molecule has 0 aliphatic rings. The van der Waals surface area contributed by atoms with Crippen molar-refractivity contribution in [3.05, 3.63) is 60.2 Å². The summed E-state index contributed by atoms with van der Waals surface area (Å²) in [5.41, 5.74) is 9.94. The number of anilines is 1. The van der Waals surface area contributed by atoms with Crippen LogP contribution in [-0.2, 0) is 0 Å². The SMILES string of the molecule is Cc1ccc(-n2nnc(-c3ccccc3)c2N)cc1. The first kappa shape index (κ1) is 11.5. The van der Waals surface area contributed by atoms with Crippen molar-refractivity contribution < 1.29 is 0 Å². The molecule has 0 atom stereocenters. The third-order valence-corrected chi connectivity index (χ3v) is 3.03. The van der Waals surface area contributed by atoms with Crippen LogP contribution in [0.5, 0.6) is 0 Å². The van der Waals surface area contributed by atoms with E-state index < -0.39 is 0 Å². The molecule has 0 radical (unpaired) electrons. The minimum absolute atomic E-state index is 0.551. The Morgan fingerprint density at radius 2 is 1.63 bits per heavy atom.